The maximum absolute atomic E-state index is 11.3. The summed E-state index contributed by atoms with van der Waals surface area (Å²) >= 11 is 8.90. The normalized spacial score (nSPS) is 9.93. The minimum absolute atomic E-state index is 0.128. The van der Waals surface area contributed by atoms with E-state index >= 15 is 0 Å². The van der Waals surface area contributed by atoms with Gasteiger partial charge in [0, 0.05) is 0 Å². The number of methoxy groups -OCH3 is 1. The van der Waals surface area contributed by atoms with Crippen molar-refractivity contribution in [3.05, 3.63) is 27.2 Å². The number of halogens is 2. The fraction of sp³-hybridized carbons (Fsp3) is 0.125. The summed E-state index contributed by atoms with van der Waals surface area (Å²) in [7, 11) is -0.455. The van der Waals surface area contributed by atoms with Gasteiger partial charge >= 0.3 is 13.1 Å². The van der Waals surface area contributed by atoms with Gasteiger partial charge in [0.15, 0.2) is 0 Å². The Kier molecular flexibility index (Phi) is 4.16. The van der Waals surface area contributed by atoms with Crippen LogP contribution >= 0.6 is 27.5 Å². The molecule has 0 aliphatic heterocycles. The van der Waals surface area contributed by atoms with Gasteiger partial charge in [-0.15, -0.1) is 0 Å². The van der Waals surface area contributed by atoms with Gasteiger partial charge in [-0.05, 0) is 33.5 Å². The molecule has 0 aliphatic carbocycles. The summed E-state index contributed by atoms with van der Waals surface area (Å²) < 4.78 is 4.88. The highest BCUT2D eigenvalue weighted by Gasteiger charge is 2.19. The highest BCUT2D eigenvalue weighted by molar-refractivity contribution is 9.10. The molecule has 7 heteroatoms. The van der Waals surface area contributed by atoms with E-state index in [9.17, 15) is 4.79 Å². The van der Waals surface area contributed by atoms with Crippen molar-refractivity contribution in [2.75, 3.05) is 7.11 Å². The highest BCUT2D eigenvalue weighted by Crippen LogP contribution is 2.25. The summed E-state index contributed by atoms with van der Waals surface area (Å²) in [6.45, 7) is 0. The second-order valence-electron chi connectivity index (χ2n) is 2.73. The summed E-state index contributed by atoms with van der Waals surface area (Å²) in [6.07, 6.45) is 0. The van der Waals surface area contributed by atoms with E-state index in [0.29, 0.717) is 4.47 Å². The van der Waals surface area contributed by atoms with E-state index in [-0.39, 0.29) is 16.0 Å². The van der Waals surface area contributed by atoms with Crippen LogP contribution in [0.2, 0.25) is 5.02 Å². The Hall–Kier alpha value is -0.555. The standard InChI is InChI=1S/C8H7BBrClO4/c1-15-8(12)5-2-4(9(13)14)3-6(11)7(5)10/h2-3,13-14H,1H3. The summed E-state index contributed by atoms with van der Waals surface area (Å²) in [4.78, 5) is 11.3. The van der Waals surface area contributed by atoms with E-state index < -0.39 is 13.1 Å². The molecule has 0 saturated heterocycles. The van der Waals surface area contributed by atoms with Gasteiger partial charge in [0.25, 0.3) is 0 Å². The van der Waals surface area contributed by atoms with Gasteiger partial charge in [0.1, 0.15) is 0 Å². The van der Waals surface area contributed by atoms with Gasteiger partial charge in [-0.25, -0.2) is 4.79 Å². The lowest BCUT2D eigenvalue weighted by molar-refractivity contribution is 0.0600. The fourth-order valence-corrected chi connectivity index (χ4v) is 1.64. The molecular weight excluding hydrogens is 286 g/mol. The first-order valence-electron chi connectivity index (χ1n) is 3.90. The van der Waals surface area contributed by atoms with E-state index in [0.717, 1.165) is 0 Å². The molecule has 0 unspecified atom stereocenters. The van der Waals surface area contributed by atoms with Gasteiger partial charge in [-0.3, -0.25) is 0 Å². The molecule has 0 spiro atoms. The molecule has 4 nitrogen and oxygen atoms in total. The Morgan fingerprint density at radius 2 is 2.13 bits per heavy atom. The lowest BCUT2D eigenvalue weighted by Gasteiger charge is -2.07. The number of rotatable bonds is 2. The van der Waals surface area contributed by atoms with E-state index in [1.54, 1.807) is 0 Å². The first-order valence-corrected chi connectivity index (χ1v) is 5.08. The molecule has 0 radical (unpaired) electrons. The van der Waals surface area contributed by atoms with Crippen molar-refractivity contribution < 1.29 is 19.6 Å². The molecule has 0 amide bonds. The number of carbonyl (C=O) groups is 1. The quantitative estimate of drug-likeness (QED) is 0.618. The third-order valence-corrected chi connectivity index (χ3v) is 3.13. The molecule has 0 atom stereocenters. The van der Waals surface area contributed by atoms with Gasteiger partial charge in [0.2, 0.25) is 0 Å². The van der Waals surface area contributed by atoms with Crippen LogP contribution in [0.25, 0.3) is 0 Å². The lowest BCUT2D eigenvalue weighted by Crippen LogP contribution is -2.30. The van der Waals surface area contributed by atoms with Crippen LogP contribution in [0.1, 0.15) is 10.4 Å². The number of hydrogen-bond donors (Lipinski definition) is 2. The summed E-state index contributed by atoms with van der Waals surface area (Å²) in [6, 6.07) is 2.65. The van der Waals surface area contributed by atoms with Gasteiger partial charge in [0.05, 0.1) is 22.2 Å². The van der Waals surface area contributed by atoms with Crippen molar-refractivity contribution in [2.45, 2.75) is 0 Å². The van der Waals surface area contributed by atoms with Gasteiger partial charge < -0.3 is 14.8 Å². The summed E-state index contributed by atoms with van der Waals surface area (Å²) in [5, 5.41) is 18.1. The van der Waals surface area contributed by atoms with Gasteiger partial charge in [-0.1, -0.05) is 11.6 Å². The van der Waals surface area contributed by atoms with Crippen molar-refractivity contribution in [1.82, 2.24) is 0 Å². The number of esters is 1. The third-order valence-electron chi connectivity index (χ3n) is 1.75. The molecule has 2 N–H and O–H groups in total. The zero-order valence-corrected chi connectivity index (χ0v) is 10.0. The van der Waals surface area contributed by atoms with E-state index in [2.05, 4.69) is 20.7 Å². The average molecular weight is 293 g/mol. The average Bonchev–Trinajstić information content (AvgIpc) is 2.20. The number of carbonyl (C=O) groups excluding carboxylic acids is 1. The number of benzene rings is 1. The molecule has 0 heterocycles. The zero-order chi connectivity index (χ0) is 11.6. The second kappa shape index (κ2) is 4.98. The Balaban J connectivity index is 3.31. The topological polar surface area (TPSA) is 66.8 Å². The molecule has 0 aliphatic rings. The third kappa shape index (κ3) is 2.72. The van der Waals surface area contributed by atoms with Crippen molar-refractivity contribution >= 4 is 46.1 Å². The van der Waals surface area contributed by atoms with Crippen molar-refractivity contribution in [1.29, 1.82) is 0 Å². The molecular formula is C8H7BBrClO4. The lowest BCUT2D eigenvalue weighted by atomic mass is 9.79. The maximum atomic E-state index is 11.3. The minimum atomic E-state index is -1.68. The number of ether oxygens (including phenoxy) is 1. The smallest absolute Gasteiger partial charge is 0.465 e. The van der Waals surface area contributed by atoms with Crippen LogP contribution in [0.15, 0.2) is 16.6 Å². The summed E-state index contributed by atoms with van der Waals surface area (Å²) in [5.74, 6) is -0.605. The molecule has 0 aromatic heterocycles. The molecule has 1 rings (SSSR count). The highest BCUT2D eigenvalue weighted by atomic mass is 79.9. The molecule has 0 bridgehead atoms. The Bertz CT molecular complexity index is 396. The molecule has 0 saturated carbocycles. The Labute approximate surface area is 100 Å². The Morgan fingerprint density at radius 3 is 2.60 bits per heavy atom. The predicted molar refractivity (Wildman–Crippen MR) is 60.3 cm³/mol. The minimum Gasteiger partial charge on any atom is -0.465 e. The molecule has 1 aromatic carbocycles. The van der Waals surface area contributed by atoms with Crippen LogP contribution in [-0.4, -0.2) is 30.2 Å². The molecule has 15 heavy (non-hydrogen) atoms. The first-order chi connectivity index (χ1) is 6.97. The van der Waals surface area contributed by atoms with Crippen LogP contribution in [0.5, 0.6) is 0 Å². The molecule has 0 fully saturated rings. The zero-order valence-electron chi connectivity index (χ0n) is 7.70. The molecule has 1 aromatic rings. The van der Waals surface area contributed by atoms with Crippen molar-refractivity contribution in [2.24, 2.45) is 0 Å². The monoisotopic (exact) mass is 292 g/mol. The van der Waals surface area contributed by atoms with Gasteiger partial charge in [-0.2, -0.15) is 0 Å². The van der Waals surface area contributed by atoms with E-state index in [1.165, 1.54) is 19.2 Å². The number of hydrogen-bond acceptors (Lipinski definition) is 4. The largest absolute Gasteiger partial charge is 0.488 e. The predicted octanol–water partition coefficient (Wildman–Crippen LogP) is 0.569. The van der Waals surface area contributed by atoms with Crippen molar-refractivity contribution in [3.8, 4) is 0 Å². The SMILES string of the molecule is COC(=O)c1cc(B(O)O)cc(Cl)c1Br. The maximum Gasteiger partial charge on any atom is 0.488 e. The van der Waals surface area contributed by atoms with Crippen LogP contribution in [-0.2, 0) is 4.74 Å². The fourth-order valence-electron chi connectivity index (χ4n) is 1.02. The van der Waals surface area contributed by atoms with Crippen LogP contribution in [0.4, 0.5) is 0 Å². The summed E-state index contributed by atoms with van der Waals surface area (Å²) in [5.41, 5.74) is 0.275. The van der Waals surface area contributed by atoms with Crippen LogP contribution in [0, 0.1) is 0 Å². The van der Waals surface area contributed by atoms with Crippen LogP contribution in [0.3, 0.4) is 0 Å². The second-order valence-corrected chi connectivity index (χ2v) is 3.93. The first kappa shape index (κ1) is 12.5. The van der Waals surface area contributed by atoms with Crippen LogP contribution < -0.4 is 5.46 Å². The molecule has 80 valence electrons. The van der Waals surface area contributed by atoms with E-state index in [4.69, 9.17) is 21.6 Å². The van der Waals surface area contributed by atoms with E-state index in [1.807, 2.05) is 0 Å². The van der Waals surface area contributed by atoms with Crippen molar-refractivity contribution in [3.63, 3.8) is 0 Å². The Morgan fingerprint density at radius 1 is 1.53 bits per heavy atom.